The third kappa shape index (κ3) is 10.7. The van der Waals surface area contributed by atoms with Crippen molar-refractivity contribution in [1.29, 1.82) is 0 Å². The molecular formula is C21H33Cl3SiTi-2. The van der Waals surface area contributed by atoms with Crippen molar-refractivity contribution in [1.82, 2.24) is 0 Å². The molecule has 5 heteroatoms. The molecule has 0 N–H and O–H groups in total. The van der Waals surface area contributed by atoms with Gasteiger partial charge in [0.25, 0.3) is 0 Å². The average Bonchev–Trinajstić information content (AvgIpc) is 2.85. The predicted molar refractivity (Wildman–Crippen MR) is 109 cm³/mol. The van der Waals surface area contributed by atoms with Gasteiger partial charge < -0.3 is 24.8 Å². The molecule has 0 radical (unpaired) electrons. The Morgan fingerprint density at radius 3 is 1.19 bits per heavy atom. The van der Waals surface area contributed by atoms with Crippen molar-refractivity contribution >= 4 is 16.6 Å². The Labute approximate surface area is 191 Å². The van der Waals surface area contributed by atoms with Crippen molar-refractivity contribution < 1.29 is 44.0 Å². The third-order valence-corrected chi connectivity index (χ3v) is 7.50. The summed E-state index contributed by atoms with van der Waals surface area (Å²) in [7, 11) is 0. The summed E-state index contributed by atoms with van der Waals surface area (Å²) in [5.74, 6) is 0. The van der Waals surface area contributed by atoms with E-state index in [9.17, 15) is 0 Å². The van der Waals surface area contributed by atoms with E-state index < -0.39 is 5.50 Å². The summed E-state index contributed by atoms with van der Waals surface area (Å²) >= 11 is 7.80. The zero-order valence-electron chi connectivity index (χ0n) is 17.7. The molecule has 0 unspecified atom stereocenters. The Hall–Kier alpha value is 0.501. The van der Waals surface area contributed by atoms with Crippen molar-refractivity contribution in [2.75, 3.05) is 0 Å². The van der Waals surface area contributed by atoms with Gasteiger partial charge in [0.05, 0.1) is 0 Å². The van der Waals surface area contributed by atoms with Crippen LogP contribution in [0.15, 0.2) is 12.1 Å². The molecule has 0 spiro atoms. The van der Waals surface area contributed by atoms with Gasteiger partial charge in [0, 0.05) is 0 Å². The fourth-order valence-electron chi connectivity index (χ4n) is 2.49. The van der Waals surface area contributed by atoms with E-state index in [2.05, 4.69) is 93.6 Å². The van der Waals surface area contributed by atoms with Gasteiger partial charge in [0.1, 0.15) is 0 Å². The third-order valence-electron chi connectivity index (χ3n) is 4.83. The van der Waals surface area contributed by atoms with E-state index in [0.717, 1.165) is 0 Å². The van der Waals surface area contributed by atoms with Crippen LogP contribution >= 0.6 is 11.1 Å². The largest absolute Gasteiger partial charge is 1.00 e. The SMILES string of the molecule is CCC[Si](Cl)=[Ti+2].Cc1c[c-](C)c(C)c1C.Cc1c[c-](C)c(C)c1C.[Cl-].[Cl-]. The Balaban J connectivity index is -0.000000301. The molecule has 0 atom stereocenters. The summed E-state index contributed by atoms with van der Waals surface area (Å²) < 4.78 is 0. The van der Waals surface area contributed by atoms with E-state index >= 15 is 0 Å². The van der Waals surface area contributed by atoms with Crippen molar-refractivity contribution in [3.05, 3.63) is 56.6 Å². The van der Waals surface area contributed by atoms with Gasteiger partial charge in [-0.3, -0.25) is 0 Å². The minimum absolute atomic E-state index is 0. The zero-order chi connectivity index (χ0) is 19.0. The number of rotatable bonds is 2. The maximum Gasteiger partial charge on any atom is -0.0630 e. The Morgan fingerprint density at radius 1 is 0.846 bits per heavy atom. The quantitative estimate of drug-likeness (QED) is 0.351. The van der Waals surface area contributed by atoms with Crippen LogP contribution in [0.1, 0.15) is 57.9 Å². The molecule has 2 rings (SSSR count). The van der Waals surface area contributed by atoms with E-state index in [1.807, 2.05) is 0 Å². The van der Waals surface area contributed by atoms with Gasteiger partial charge in [-0.1, -0.05) is 55.4 Å². The van der Waals surface area contributed by atoms with Crippen molar-refractivity contribution in [2.45, 2.75) is 74.8 Å². The van der Waals surface area contributed by atoms with Crippen molar-refractivity contribution in [2.24, 2.45) is 0 Å². The Morgan fingerprint density at radius 2 is 1.15 bits per heavy atom. The van der Waals surface area contributed by atoms with Crippen LogP contribution in [0.4, 0.5) is 0 Å². The standard InChI is InChI=1S/2C9H13.C3H7ClSi.2ClH.Ti/c2*1-6-5-7(2)9(4)8(6)3;1-2-3-5-4;;;/h2*5H,1-4H3;2-3H2,1H3;2*1H;/q2*-1;;;;+2/p-2. The van der Waals surface area contributed by atoms with Crippen LogP contribution < -0.4 is 24.8 Å². The molecule has 2 aromatic carbocycles. The van der Waals surface area contributed by atoms with Crippen LogP contribution in [-0.2, 0) is 19.2 Å². The van der Waals surface area contributed by atoms with Gasteiger partial charge in [0.15, 0.2) is 0 Å². The summed E-state index contributed by atoms with van der Waals surface area (Å²) in [5, 5.41) is 0. The summed E-state index contributed by atoms with van der Waals surface area (Å²) in [6, 6.07) is 5.72. The van der Waals surface area contributed by atoms with E-state index in [4.69, 9.17) is 11.1 Å². The number of aryl methyl sites for hydroxylation is 4. The summed E-state index contributed by atoms with van der Waals surface area (Å²) in [5.41, 5.74) is 11.1. The topological polar surface area (TPSA) is 0 Å². The minimum Gasteiger partial charge on any atom is -1.00 e. The molecular weight excluding hydrogens is 435 g/mol. The smallest absolute Gasteiger partial charge is 0.0630 e. The second-order valence-corrected chi connectivity index (χ2v) is 13.7. The first-order chi connectivity index (χ1) is 11.0. The molecule has 0 saturated carbocycles. The molecule has 0 fully saturated rings. The normalized spacial score (nSPS) is 9.08. The number of halogens is 3. The molecule has 0 amide bonds. The van der Waals surface area contributed by atoms with Gasteiger partial charge in [-0.05, 0) is 0 Å². The number of hydrogen-bond acceptors (Lipinski definition) is 0. The second kappa shape index (κ2) is 15.4. The molecule has 148 valence electrons. The molecule has 0 aromatic heterocycles. The van der Waals surface area contributed by atoms with Crippen LogP contribution in [0.25, 0.3) is 0 Å². The van der Waals surface area contributed by atoms with Gasteiger partial charge in [-0.15, -0.1) is 0 Å². The van der Waals surface area contributed by atoms with Crippen molar-refractivity contribution in [3.8, 4) is 0 Å². The molecule has 0 bridgehead atoms. The molecule has 0 aliphatic heterocycles. The van der Waals surface area contributed by atoms with Crippen LogP contribution in [0.3, 0.4) is 0 Å². The first-order valence-electron chi connectivity index (χ1n) is 8.65. The fourth-order valence-corrected chi connectivity index (χ4v) is 4.66. The van der Waals surface area contributed by atoms with E-state index in [0.29, 0.717) is 0 Å². The Bertz CT molecular complexity index is 574. The second-order valence-electron chi connectivity index (χ2n) is 6.68. The van der Waals surface area contributed by atoms with Crippen LogP contribution in [0.2, 0.25) is 6.04 Å². The molecule has 0 aliphatic rings. The predicted octanol–water partition coefficient (Wildman–Crippen LogP) is 0.957. The van der Waals surface area contributed by atoms with Crippen LogP contribution in [-0.4, -0.2) is 5.50 Å². The molecule has 0 saturated heterocycles. The molecule has 26 heavy (non-hydrogen) atoms. The Kier molecular flexibility index (Phi) is 18.5. The molecule has 0 heterocycles. The van der Waals surface area contributed by atoms with Gasteiger partial charge in [0.2, 0.25) is 0 Å². The van der Waals surface area contributed by atoms with Crippen molar-refractivity contribution in [3.63, 3.8) is 0 Å². The summed E-state index contributed by atoms with van der Waals surface area (Å²) in [6.45, 7) is 19.5. The zero-order valence-corrected chi connectivity index (χ0v) is 22.5. The molecule has 0 nitrogen and oxygen atoms in total. The van der Waals surface area contributed by atoms with E-state index in [1.165, 1.54) is 57.0 Å². The monoisotopic (exact) mass is 466 g/mol. The average molecular weight is 468 g/mol. The maximum absolute atomic E-state index is 5.68. The first kappa shape index (κ1) is 31.2. The first-order valence-corrected chi connectivity index (χ1v) is 13.7. The van der Waals surface area contributed by atoms with Gasteiger partial charge >= 0.3 is 55.1 Å². The minimum atomic E-state index is -0.413. The summed E-state index contributed by atoms with van der Waals surface area (Å²) in [6.07, 6.45) is 1.24. The summed E-state index contributed by atoms with van der Waals surface area (Å²) in [4.78, 5) is 0. The number of hydrogen-bond donors (Lipinski definition) is 0. The van der Waals surface area contributed by atoms with Gasteiger partial charge in [-0.2, -0.15) is 56.6 Å². The van der Waals surface area contributed by atoms with E-state index in [-0.39, 0.29) is 24.8 Å². The van der Waals surface area contributed by atoms with E-state index in [1.54, 1.807) is 0 Å². The van der Waals surface area contributed by atoms with Gasteiger partial charge in [-0.25, -0.2) is 0 Å². The maximum atomic E-state index is 5.68. The van der Waals surface area contributed by atoms with Crippen LogP contribution in [0, 0.1) is 55.4 Å². The fraction of sp³-hybridized carbons (Fsp3) is 0.524. The molecule has 2 aromatic rings. The van der Waals surface area contributed by atoms with Crippen LogP contribution in [0.5, 0.6) is 0 Å². The molecule has 0 aliphatic carbocycles.